The second-order valence-corrected chi connectivity index (χ2v) is 5.62. The topological polar surface area (TPSA) is 77.8 Å². The van der Waals surface area contributed by atoms with Crippen LogP contribution >= 0.6 is 15.9 Å². The molecule has 0 aliphatic carbocycles. The van der Waals surface area contributed by atoms with Crippen LogP contribution in [0.1, 0.15) is 23.1 Å². The van der Waals surface area contributed by atoms with E-state index in [1.54, 1.807) is 0 Å². The van der Waals surface area contributed by atoms with Gasteiger partial charge in [-0.05, 0) is 33.6 Å². The monoisotopic (exact) mass is 398 g/mol. The zero-order chi connectivity index (χ0) is 17.3. The minimum absolute atomic E-state index is 0.00851. The summed E-state index contributed by atoms with van der Waals surface area (Å²) < 4.78 is 43.3. The van der Waals surface area contributed by atoms with Gasteiger partial charge in [0.1, 0.15) is 16.3 Å². The SMILES string of the molecule is N[C@H](c1ccccc1)c1nnc(-c2ccc(C(F)(F)F)c(Br)n2)o1. The molecule has 0 radical (unpaired) electrons. The van der Waals surface area contributed by atoms with Crippen molar-refractivity contribution in [1.82, 2.24) is 15.2 Å². The van der Waals surface area contributed by atoms with Gasteiger partial charge in [0.05, 0.1) is 5.56 Å². The van der Waals surface area contributed by atoms with Crippen molar-refractivity contribution in [3.05, 3.63) is 64.1 Å². The molecule has 0 spiro atoms. The highest BCUT2D eigenvalue weighted by Crippen LogP contribution is 2.35. The van der Waals surface area contributed by atoms with E-state index < -0.39 is 17.8 Å². The van der Waals surface area contributed by atoms with E-state index in [1.165, 1.54) is 6.07 Å². The first kappa shape index (κ1) is 16.6. The highest BCUT2D eigenvalue weighted by Gasteiger charge is 2.34. The maximum Gasteiger partial charge on any atom is 0.419 e. The van der Waals surface area contributed by atoms with Crippen LogP contribution in [0.5, 0.6) is 0 Å². The molecule has 2 heterocycles. The van der Waals surface area contributed by atoms with Crippen molar-refractivity contribution >= 4 is 15.9 Å². The lowest BCUT2D eigenvalue weighted by Crippen LogP contribution is -2.11. The van der Waals surface area contributed by atoms with Gasteiger partial charge in [-0.2, -0.15) is 13.2 Å². The van der Waals surface area contributed by atoms with Gasteiger partial charge in [0.25, 0.3) is 5.89 Å². The molecule has 1 atom stereocenters. The summed E-state index contributed by atoms with van der Waals surface area (Å²) >= 11 is 2.81. The standard InChI is InChI=1S/C15H10BrF3N4O/c16-12-9(15(17,18)19)6-7-10(21-12)13-22-23-14(24-13)11(20)8-4-2-1-3-5-8/h1-7,11H,20H2/t11-/m1/s1. The second-order valence-electron chi connectivity index (χ2n) is 4.87. The van der Waals surface area contributed by atoms with E-state index in [4.69, 9.17) is 10.2 Å². The minimum Gasteiger partial charge on any atom is -0.417 e. The number of rotatable bonds is 3. The van der Waals surface area contributed by atoms with E-state index in [0.717, 1.165) is 11.6 Å². The van der Waals surface area contributed by atoms with Crippen molar-refractivity contribution in [2.75, 3.05) is 0 Å². The van der Waals surface area contributed by atoms with Crippen LogP contribution in [0.2, 0.25) is 0 Å². The van der Waals surface area contributed by atoms with Gasteiger partial charge >= 0.3 is 6.18 Å². The number of benzene rings is 1. The van der Waals surface area contributed by atoms with Gasteiger partial charge in [-0.1, -0.05) is 30.3 Å². The molecule has 0 aliphatic rings. The number of pyridine rings is 1. The fourth-order valence-electron chi connectivity index (χ4n) is 2.03. The predicted octanol–water partition coefficient (Wildman–Crippen LogP) is 3.96. The van der Waals surface area contributed by atoms with Crippen molar-refractivity contribution in [2.45, 2.75) is 12.2 Å². The summed E-state index contributed by atoms with van der Waals surface area (Å²) in [6.07, 6.45) is -4.50. The van der Waals surface area contributed by atoms with Crippen LogP contribution in [-0.4, -0.2) is 15.2 Å². The Kier molecular flexibility index (Phi) is 4.37. The van der Waals surface area contributed by atoms with Crippen molar-refractivity contribution in [3.8, 4) is 11.6 Å². The Bertz CT molecular complexity index is 851. The number of aromatic nitrogens is 3. The third-order valence-electron chi connectivity index (χ3n) is 3.24. The minimum atomic E-state index is -4.50. The number of hydrogen-bond donors (Lipinski definition) is 1. The molecule has 0 unspecified atom stereocenters. The zero-order valence-corrected chi connectivity index (χ0v) is 13.5. The average molecular weight is 399 g/mol. The summed E-state index contributed by atoms with van der Waals surface area (Å²) in [4.78, 5) is 3.81. The van der Waals surface area contributed by atoms with E-state index in [0.29, 0.717) is 0 Å². The van der Waals surface area contributed by atoms with Gasteiger partial charge in [-0.3, -0.25) is 0 Å². The number of halogens is 4. The summed E-state index contributed by atoms with van der Waals surface area (Å²) in [7, 11) is 0. The normalized spacial score (nSPS) is 13.0. The van der Waals surface area contributed by atoms with Crippen molar-refractivity contribution < 1.29 is 17.6 Å². The number of nitrogens with two attached hydrogens (primary N) is 1. The van der Waals surface area contributed by atoms with E-state index in [9.17, 15) is 13.2 Å². The Morgan fingerprint density at radius 3 is 2.38 bits per heavy atom. The lowest BCUT2D eigenvalue weighted by Gasteiger charge is -2.08. The first-order valence-corrected chi connectivity index (χ1v) is 7.53. The number of hydrogen-bond acceptors (Lipinski definition) is 5. The molecule has 0 aliphatic heterocycles. The molecule has 0 fully saturated rings. The van der Waals surface area contributed by atoms with Crippen LogP contribution in [0.25, 0.3) is 11.6 Å². The number of nitrogens with zero attached hydrogens (tertiary/aromatic N) is 3. The fourth-order valence-corrected chi connectivity index (χ4v) is 2.58. The molecule has 1 aromatic carbocycles. The Balaban J connectivity index is 1.90. The predicted molar refractivity (Wildman–Crippen MR) is 82.7 cm³/mol. The van der Waals surface area contributed by atoms with Crippen molar-refractivity contribution in [3.63, 3.8) is 0 Å². The third kappa shape index (κ3) is 3.31. The first-order chi connectivity index (χ1) is 11.4. The molecule has 0 saturated heterocycles. The Morgan fingerprint density at radius 1 is 1.04 bits per heavy atom. The van der Waals surface area contributed by atoms with Gasteiger partial charge in [-0.25, -0.2) is 4.98 Å². The smallest absolute Gasteiger partial charge is 0.417 e. The van der Waals surface area contributed by atoms with Crippen LogP contribution in [0, 0.1) is 0 Å². The van der Waals surface area contributed by atoms with E-state index in [1.807, 2.05) is 30.3 Å². The molecule has 2 aromatic heterocycles. The van der Waals surface area contributed by atoms with Gasteiger partial charge in [0.15, 0.2) is 0 Å². The Morgan fingerprint density at radius 2 is 1.75 bits per heavy atom. The molecule has 3 aromatic rings. The molecule has 2 N–H and O–H groups in total. The van der Waals surface area contributed by atoms with E-state index >= 15 is 0 Å². The molecule has 0 bridgehead atoms. The van der Waals surface area contributed by atoms with Crippen LogP contribution in [-0.2, 0) is 6.18 Å². The van der Waals surface area contributed by atoms with Crippen LogP contribution in [0.15, 0.2) is 51.5 Å². The highest BCUT2D eigenvalue weighted by atomic mass is 79.9. The average Bonchev–Trinajstić information content (AvgIpc) is 3.03. The molecule has 3 rings (SSSR count). The summed E-state index contributed by atoms with van der Waals surface area (Å²) in [5.74, 6) is 0.139. The quantitative estimate of drug-likeness (QED) is 0.675. The molecular formula is C15H10BrF3N4O. The Hall–Kier alpha value is -2.26. The molecule has 9 heteroatoms. The van der Waals surface area contributed by atoms with Gasteiger partial charge in [0.2, 0.25) is 5.89 Å². The maximum absolute atomic E-state index is 12.7. The molecular weight excluding hydrogens is 389 g/mol. The third-order valence-corrected chi connectivity index (χ3v) is 3.84. The first-order valence-electron chi connectivity index (χ1n) is 6.74. The molecule has 124 valence electrons. The van der Waals surface area contributed by atoms with Gasteiger partial charge in [0, 0.05) is 0 Å². The van der Waals surface area contributed by atoms with Crippen molar-refractivity contribution in [1.29, 1.82) is 0 Å². The lowest BCUT2D eigenvalue weighted by atomic mass is 10.1. The fraction of sp³-hybridized carbons (Fsp3) is 0.133. The van der Waals surface area contributed by atoms with E-state index in [-0.39, 0.29) is 22.1 Å². The summed E-state index contributed by atoms with van der Waals surface area (Å²) in [5, 5.41) is 7.66. The molecule has 0 saturated carbocycles. The van der Waals surface area contributed by atoms with Crippen LogP contribution in [0.3, 0.4) is 0 Å². The molecule has 5 nitrogen and oxygen atoms in total. The van der Waals surface area contributed by atoms with Gasteiger partial charge in [-0.15, -0.1) is 10.2 Å². The Labute approximate surface area is 142 Å². The summed E-state index contributed by atoms with van der Waals surface area (Å²) in [6.45, 7) is 0. The summed E-state index contributed by atoms with van der Waals surface area (Å²) in [5.41, 5.74) is 6.05. The number of alkyl halides is 3. The highest BCUT2D eigenvalue weighted by molar-refractivity contribution is 9.10. The van der Waals surface area contributed by atoms with Crippen LogP contribution in [0.4, 0.5) is 13.2 Å². The summed E-state index contributed by atoms with van der Waals surface area (Å²) in [6, 6.07) is 10.5. The van der Waals surface area contributed by atoms with Gasteiger partial charge < -0.3 is 10.2 Å². The lowest BCUT2D eigenvalue weighted by molar-refractivity contribution is -0.138. The second kappa shape index (κ2) is 6.33. The van der Waals surface area contributed by atoms with Crippen LogP contribution < -0.4 is 5.73 Å². The zero-order valence-electron chi connectivity index (χ0n) is 12.0. The largest absolute Gasteiger partial charge is 0.419 e. The van der Waals surface area contributed by atoms with Crippen molar-refractivity contribution in [2.24, 2.45) is 5.73 Å². The molecule has 24 heavy (non-hydrogen) atoms. The molecule has 0 amide bonds. The van der Waals surface area contributed by atoms with E-state index in [2.05, 4.69) is 31.1 Å². The maximum atomic E-state index is 12.7.